The van der Waals surface area contributed by atoms with Crippen LogP contribution in [0.3, 0.4) is 0 Å². The van der Waals surface area contributed by atoms with Crippen LogP contribution in [-0.2, 0) is 14.3 Å². The first-order chi connectivity index (χ1) is 12.2. The van der Waals surface area contributed by atoms with E-state index in [2.05, 4.69) is 20.8 Å². The van der Waals surface area contributed by atoms with Gasteiger partial charge in [-0.1, -0.05) is 13.8 Å². The maximum Gasteiger partial charge on any atom is 0.302 e. The molecule has 0 aromatic heterocycles. The number of fused-ring (bicyclic) bond motifs is 5. The van der Waals surface area contributed by atoms with Gasteiger partial charge in [0.2, 0.25) is 0 Å². The highest BCUT2D eigenvalue weighted by Crippen LogP contribution is 2.78. The summed E-state index contributed by atoms with van der Waals surface area (Å²) >= 11 is 0. The largest absolute Gasteiger partial charge is 0.465 e. The Balaban J connectivity index is 1.50. The van der Waals surface area contributed by atoms with Gasteiger partial charge in [0.1, 0.15) is 0 Å². The molecule has 0 aromatic rings. The highest BCUT2D eigenvalue weighted by molar-refractivity contribution is 5.65. The quantitative estimate of drug-likeness (QED) is 0.601. The summed E-state index contributed by atoms with van der Waals surface area (Å²) in [4.78, 5) is 11.5. The summed E-state index contributed by atoms with van der Waals surface area (Å²) < 4.78 is 11.8. The van der Waals surface area contributed by atoms with Crippen LogP contribution in [0.15, 0.2) is 0 Å². The molecule has 26 heavy (non-hydrogen) atoms. The van der Waals surface area contributed by atoms with Crippen LogP contribution in [-0.4, -0.2) is 35.5 Å². The van der Waals surface area contributed by atoms with Crippen LogP contribution in [0.4, 0.5) is 0 Å². The third kappa shape index (κ3) is 1.91. The molecule has 5 aliphatic rings. The smallest absolute Gasteiger partial charge is 0.302 e. The lowest BCUT2D eigenvalue weighted by Gasteiger charge is -2.65. The fourth-order valence-corrected chi connectivity index (χ4v) is 8.63. The molecule has 1 aliphatic heterocycles. The highest BCUT2D eigenvalue weighted by Gasteiger charge is 2.79. The molecule has 1 saturated heterocycles. The van der Waals surface area contributed by atoms with Crippen LogP contribution in [0, 0.1) is 34.0 Å². The lowest BCUT2D eigenvalue weighted by atomic mass is 9.40. The van der Waals surface area contributed by atoms with Gasteiger partial charge in [0, 0.05) is 17.8 Å². The summed E-state index contributed by atoms with van der Waals surface area (Å²) in [6, 6.07) is 0. The molecule has 0 aromatic carbocycles. The molecule has 1 N–H and O–H groups in total. The molecule has 5 fully saturated rings. The zero-order valence-corrected chi connectivity index (χ0v) is 16.7. The minimum absolute atomic E-state index is 0.160. The molecule has 9 atom stereocenters. The molecule has 0 unspecified atom stereocenters. The Morgan fingerprint density at radius 2 is 1.88 bits per heavy atom. The SMILES string of the molecule is CC(=O)OC[C@]1(C)[C@H]2CC[C@@]34C[C@@H](CC[C@H]3[C@]2(C)CC[C@H]1O)[C@]1(C)O[C@H]41. The average molecular weight is 363 g/mol. The Kier molecular flexibility index (Phi) is 3.40. The van der Waals surface area contributed by atoms with E-state index in [1.54, 1.807) is 0 Å². The predicted molar refractivity (Wildman–Crippen MR) is 97.4 cm³/mol. The summed E-state index contributed by atoms with van der Waals surface area (Å²) in [5.74, 6) is 1.61. The van der Waals surface area contributed by atoms with Gasteiger partial charge in [0.25, 0.3) is 0 Å². The van der Waals surface area contributed by atoms with Crippen LogP contribution in [0.2, 0.25) is 0 Å². The van der Waals surface area contributed by atoms with Crippen molar-refractivity contribution in [3.05, 3.63) is 0 Å². The monoisotopic (exact) mass is 362 g/mol. The topological polar surface area (TPSA) is 59.1 Å². The maximum absolute atomic E-state index is 11.5. The number of carbonyl (C=O) groups excluding carboxylic acids is 1. The molecule has 4 heteroatoms. The van der Waals surface area contributed by atoms with E-state index in [1.165, 1.54) is 32.6 Å². The molecular weight excluding hydrogens is 328 g/mol. The molecule has 1 heterocycles. The second-order valence-electron chi connectivity index (χ2n) is 10.9. The Morgan fingerprint density at radius 1 is 1.12 bits per heavy atom. The fraction of sp³-hybridized carbons (Fsp3) is 0.955. The molecule has 1 spiro atoms. The Hall–Kier alpha value is -0.610. The van der Waals surface area contributed by atoms with Gasteiger partial charge in [0.15, 0.2) is 0 Å². The van der Waals surface area contributed by atoms with E-state index in [0.717, 1.165) is 25.2 Å². The summed E-state index contributed by atoms with van der Waals surface area (Å²) in [7, 11) is 0. The van der Waals surface area contributed by atoms with Crippen molar-refractivity contribution in [3.8, 4) is 0 Å². The Morgan fingerprint density at radius 3 is 2.62 bits per heavy atom. The number of epoxide rings is 1. The van der Waals surface area contributed by atoms with Crippen molar-refractivity contribution in [2.75, 3.05) is 6.61 Å². The summed E-state index contributed by atoms with van der Waals surface area (Å²) in [5, 5.41) is 10.9. The van der Waals surface area contributed by atoms with Crippen molar-refractivity contribution < 1.29 is 19.4 Å². The van der Waals surface area contributed by atoms with Gasteiger partial charge in [-0.15, -0.1) is 0 Å². The first kappa shape index (κ1) is 17.5. The van der Waals surface area contributed by atoms with Gasteiger partial charge < -0.3 is 14.6 Å². The van der Waals surface area contributed by atoms with Gasteiger partial charge in [-0.3, -0.25) is 4.79 Å². The number of carbonyl (C=O) groups is 1. The minimum Gasteiger partial charge on any atom is -0.465 e. The van der Waals surface area contributed by atoms with E-state index in [-0.39, 0.29) is 28.5 Å². The molecule has 4 aliphatic carbocycles. The van der Waals surface area contributed by atoms with E-state index in [0.29, 0.717) is 30.0 Å². The fourth-order valence-electron chi connectivity index (χ4n) is 8.63. The Labute approximate surface area is 157 Å². The molecule has 0 radical (unpaired) electrons. The van der Waals surface area contributed by atoms with Crippen molar-refractivity contribution in [3.63, 3.8) is 0 Å². The van der Waals surface area contributed by atoms with Crippen LogP contribution in [0.1, 0.15) is 72.6 Å². The van der Waals surface area contributed by atoms with Gasteiger partial charge in [0.05, 0.1) is 24.4 Å². The van der Waals surface area contributed by atoms with E-state index < -0.39 is 0 Å². The summed E-state index contributed by atoms with van der Waals surface area (Å²) in [5.41, 5.74) is 0.415. The highest BCUT2D eigenvalue weighted by atomic mass is 16.6. The molecule has 5 rings (SSSR count). The van der Waals surface area contributed by atoms with Crippen molar-refractivity contribution >= 4 is 5.97 Å². The van der Waals surface area contributed by atoms with Gasteiger partial charge in [-0.05, 0) is 75.0 Å². The van der Waals surface area contributed by atoms with Crippen molar-refractivity contribution in [2.24, 2.45) is 34.0 Å². The van der Waals surface area contributed by atoms with Gasteiger partial charge in [-0.25, -0.2) is 0 Å². The number of aliphatic hydroxyl groups excluding tert-OH is 1. The maximum atomic E-state index is 11.5. The van der Waals surface area contributed by atoms with E-state index in [1.807, 2.05) is 0 Å². The molecule has 2 bridgehead atoms. The zero-order valence-electron chi connectivity index (χ0n) is 16.7. The van der Waals surface area contributed by atoms with Crippen LogP contribution >= 0.6 is 0 Å². The normalized spacial score (nSPS) is 59.8. The number of ether oxygens (including phenoxy) is 2. The number of hydrogen-bond acceptors (Lipinski definition) is 4. The number of rotatable bonds is 2. The van der Waals surface area contributed by atoms with Gasteiger partial charge in [-0.2, -0.15) is 0 Å². The second kappa shape index (κ2) is 5.05. The molecule has 4 nitrogen and oxygen atoms in total. The average Bonchev–Trinajstić information content (AvgIpc) is 3.26. The molecule has 4 saturated carbocycles. The van der Waals surface area contributed by atoms with Crippen LogP contribution in [0.25, 0.3) is 0 Å². The zero-order chi connectivity index (χ0) is 18.5. The number of aliphatic hydroxyl groups is 1. The van der Waals surface area contributed by atoms with Crippen molar-refractivity contribution in [1.82, 2.24) is 0 Å². The van der Waals surface area contributed by atoms with E-state index in [9.17, 15) is 9.90 Å². The lowest BCUT2D eigenvalue weighted by Crippen LogP contribution is -2.62. The third-order valence-corrected chi connectivity index (χ3v) is 9.88. The molecule has 0 amide bonds. The van der Waals surface area contributed by atoms with Crippen molar-refractivity contribution in [1.29, 1.82) is 0 Å². The first-order valence-corrected chi connectivity index (χ1v) is 10.7. The predicted octanol–water partition coefficient (Wildman–Crippen LogP) is 3.70. The number of hydrogen-bond donors (Lipinski definition) is 1. The second-order valence-corrected chi connectivity index (χ2v) is 10.9. The van der Waals surface area contributed by atoms with Crippen LogP contribution in [0.5, 0.6) is 0 Å². The molecule has 146 valence electrons. The summed E-state index contributed by atoms with van der Waals surface area (Å²) in [6.45, 7) is 8.82. The van der Waals surface area contributed by atoms with E-state index in [4.69, 9.17) is 9.47 Å². The summed E-state index contributed by atoms with van der Waals surface area (Å²) in [6.07, 6.45) is 8.32. The van der Waals surface area contributed by atoms with Crippen LogP contribution < -0.4 is 0 Å². The third-order valence-electron chi connectivity index (χ3n) is 9.88. The molecular formula is C22H34O4. The number of esters is 1. The lowest BCUT2D eigenvalue weighted by molar-refractivity contribution is -0.211. The standard InChI is InChI=1S/C22H34O4/c1-13(23)25-12-20(3)15-7-10-22-11-14(21(4)18(22)26-21)5-6-16(22)19(15,2)9-8-17(20)24/h14-18,24H,5-12H2,1-4H3/t14-,15+,16+,17-,18+,19-,20-,21+,22-/m1/s1. The van der Waals surface area contributed by atoms with Gasteiger partial charge >= 0.3 is 5.97 Å². The van der Waals surface area contributed by atoms with E-state index >= 15 is 0 Å². The van der Waals surface area contributed by atoms with Crippen molar-refractivity contribution in [2.45, 2.75) is 90.4 Å². The first-order valence-electron chi connectivity index (χ1n) is 10.7. The minimum atomic E-state index is -0.378. The Bertz CT molecular complexity index is 648.